The molecule has 0 saturated heterocycles. The fraction of sp³-hybridized carbons (Fsp3) is 0.192. The van der Waals surface area contributed by atoms with Crippen LogP contribution >= 0.6 is 0 Å². The Hall–Kier alpha value is -3.93. The minimum absolute atomic E-state index is 0.0826. The SMILES string of the molecule is CCOc1ccc(NC(=O)C/C(C)=N/NC(=O)Cc2ccc(-c3ccccc3)cc2)cc1. The van der Waals surface area contributed by atoms with Gasteiger partial charge >= 0.3 is 0 Å². The molecule has 2 amide bonds. The topological polar surface area (TPSA) is 79.8 Å². The van der Waals surface area contributed by atoms with E-state index in [1.54, 1.807) is 31.2 Å². The van der Waals surface area contributed by atoms with Crippen molar-refractivity contribution in [1.82, 2.24) is 5.43 Å². The average molecular weight is 430 g/mol. The molecule has 0 aliphatic heterocycles. The van der Waals surface area contributed by atoms with Crippen molar-refractivity contribution >= 4 is 23.2 Å². The van der Waals surface area contributed by atoms with E-state index in [2.05, 4.69) is 15.8 Å². The predicted molar refractivity (Wildman–Crippen MR) is 128 cm³/mol. The third-order valence-corrected chi connectivity index (χ3v) is 4.66. The smallest absolute Gasteiger partial charge is 0.244 e. The summed E-state index contributed by atoms with van der Waals surface area (Å²) in [6.45, 7) is 4.21. The number of amides is 2. The van der Waals surface area contributed by atoms with E-state index in [1.165, 1.54) is 0 Å². The molecular formula is C26H27N3O3. The van der Waals surface area contributed by atoms with Crippen molar-refractivity contribution in [2.75, 3.05) is 11.9 Å². The van der Waals surface area contributed by atoms with Crippen molar-refractivity contribution < 1.29 is 14.3 Å². The quantitative estimate of drug-likeness (QED) is 0.378. The van der Waals surface area contributed by atoms with Crippen molar-refractivity contribution in [3.05, 3.63) is 84.4 Å². The van der Waals surface area contributed by atoms with Gasteiger partial charge in [-0.1, -0.05) is 54.6 Å². The lowest BCUT2D eigenvalue weighted by atomic mass is 10.0. The Labute approximate surface area is 188 Å². The minimum Gasteiger partial charge on any atom is -0.494 e. The standard InChI is InChI=1S/C26H27N3O3/c1-3-32-24-15-13-23(14-16-24)27-25(30)17-19(2)28-29-26(31)18-20-9-11-22(12-10-20)21-7-5-4-6-8-21/h4-16H,3,17-18H2,1-2H3,(H,27,30)(H,29,31)/b28-19+. The highest BCUT2D eigenvalue weighted by Gasteiger charge is 2.07. The summed E-state index contributed by atoms with van der Waals surface area (Å²) in [7, 11) is 0. The summed E-state index contributed by atoms with van der Waals surface area (Å²) in [5, 5.41) is 6.84. The van der Waals surface area contributed by atoms with E-state index in [1.807, 2.05) is 61.5 Å². The average Bonchev–Trinajstić information content (AvgIpc) is 2.80. The molecule has 0 spiro atoms. The van der Waals surface area contributed by atoms with Crippen LogP contribution in [0.3, 0.4) is 0 Å². The van der Waals surface area contributed by atoms with Gasteiger partial charge in [0.25, 0.3) is 0 Å². The Bertz CT molecular complexity index is 1060. The third-order valence-electron chi connectivity index (χ3n) is 4.66. The van der Waals surface area contributed by atoms with E-state index in [0.717, 1.165) is 22.4 Å². The molecule has 3 rings (SSSR count). The summed E-state index contributed by atoms with van der Waals surface area (Å²) in [6.07, 6.45) is 0.295. The van der Waals surface area contributed by atoms with E-state index >= 15 is 0 Å². The van der Waals surface area contributed by atoms with Crippen LogP contribution in [0.1, 0.15) is 25.8 Å². The number of ether oxygens (including phenoxy) is 1. The molecule has 0 bridgehead atoms. The van der Waals surface area contributed by atoms with Crippen LogP contribution < -0.4 is 15.5 Å². The van der Waals surface area contributed by atoms with Crippen molar-refractivity contribution in [1.29, 1.82) is 0 Å². The van der Waals surface area contributed by atoms with Crippen LogP contribution in [0.5, 0.6) is 5.75 Å². The van der Waals surface area contributed by atoms with Crippen LogP contribution in [0.25, 0.3) is 11.1 Å². The molecule has 2 N–H and O–H groups in total. The summed E-state index contributed by atoms with van der Waals surface area (Å²) in [6, 6.07) is 25.1. The van der Waals surface area contributed by atoms with E-state index in [-0.39, 0.29) is 24.7 Å². The molecule has 164 valence electrons. The van der Waals surface area contributed by atoms with Crippen LogP contribution in [-0.4, -0.2) is 24.1 Å². The lowest BCUT2D eigenvalue weighted by Gasteiger charge is -2.07. The molecule has 6 heteroatoms. The number of rotatable bonds is 9. The molecule has 0 aromatic heterocycles. The molecule has 32 heavy (non-hydrogen) atoms. The number of hydrogen-bond donors (Lipinski definition) is 2. The van der Waals surface area contributed by atoms with Crippen molar-refractivity contribution in [2.24, 2.45) is 5.10 Å². The van der Waals surface area contributed by atoms with Gasteiger partial charge in [0.2, 0.25) is 11.8 Å². The molecule has 0 fully saturated rings. The highest BCUT2D eigenvalue weighted by Crippen LogP contribution is 2.19. The number of hydrogen-bond acceptors (Lipinski definition) is 4. The van der Waals surface area contributed by atoms with Gasteiger partial charge in [-0.25, -0.2) is 5.43 Å². The Morgan fingerprint density at radius 1 is 0.844 bits per heavy atom. The van der Waals surface area contributed by atoms with E-state index < -0.39 is 0 Å². The summed E-state index contributed by atoms with van der Waals surface area (Å²) >= 11 is 0. The lowest BCUT2D eigenvalue weighted by molar-refractivity contribution is -0.120. The summed E-state index contributed by atoms with van der Waals surface area (Å²) in [4.78, 5) is 24.4. The molecule has 0 heterocycles. The van der Waals surface area contributed by atoms with Crippen LogP contribution in [0.4, 0.5) is 5.69 Å². The lowest BCUT2D eigenvalue weighted by Crippen LogP contribution is -2.22. The zero-order valence-electron chi connectivity index (χ0n) is 18.3. The summed E-state index contributed by atoms with van der Waals surface area (Å²) in [5.74, 6) is 0.311. The highest BCUT2D eigenvalue weighted by atomic mass is 16.5. The molecule has 0 saturated carbocycles. The van der Waals surface area contributed by atoms with Gasteiger partial charge in [-0.3, -0.25) is 9.59 Å². The first kappa shape index (κ1) is 22.7. The van der Waals surface area contributed by atoms with Gasteiger partial charge in [-0.05, 0) is 54.8 Å². The number of benzene rings is 3. The molecule has 0 radical (unpaired) electrons. The highest BCUT2D eigenvalue weighted by molar-refractivity contribution is 6.05. The Morgan fingerprint density at radius 3 is 2.16 bits per heavy atom. The number of carbonyl (C=O) groups excluding carboxylic acids is 2. The first-order valence-electron chi connectivity index (χ1n) is 10.5. The van der Waals surface area contributed by atoms with Crippen molar-refractivity contribution in [3.8, 4) is 16.9 Å². The fourth-order valence-corrected chi connectivity index (χ4v) is 3.11. The van der Waals surface area contributed by atoms with Crippen molar-refractivity contribution in [3.63, 3.8) is 0 Å². The van der Waals surface area contributed by atoms with Gasteiger partial charge in [0.15, 0.2) is 0 Å². The van der Waals surface area contributed by atoms with Crippen LogP contribution in [0, 0.1) is 0 Å². The first-order valence-corrected chi connectivity index (χ1v) is 10.5. The molecule has 0 aliphatic rings. The second-order valence-electron chi connectivity index (χ2n) is 7.30. The van der Waals surface area contributed by atoms with E-state index in [0.29, 0.717) is 18.0 Å². The van der Waals surface area contributed by atoms with Gasteiger partial charge < -0.3 is 10.1 Å². The van der Waals surface area contributed by atoms with Crippen LogP contribution in [0.2, 0.25) is 0 Å². The number of hydrazone groups is 1. The number of anilines is 1. The van der Waals surface area contributed by atoms with Crippen molar-refractivity contribution in [2.45, 2.75) is 26.7 Å². The molecular weight excluding hydrogens is 402 g/mol. The van der Waals surface area contributed by atoms with E-state index in [9.17, 15) is 9.59 Å². The van der Waals surface area contributed by atoms with Gasteiger partial charge in [0, 0.05) is 11.4 Å². The maximum absolute atomic E-state index is 12.2. The summed E-state index contributed by atoms with van der Waals surface area (Å²) in [5.41, 5.74) is 6.83. The zero-order valence-corrected chi connectivity index (χ0v) is 18.3. The van der Waals surface area contributed by atoms with Gasteiger partial charge in [-0.2, -0.15) is 5.10 Å². The van der Waals surface area contributed by atoms with Crippen LogP contribution in [-0.2, 0) is 16.0 Å². The Morgan fingerprint density at radius 2 is 1.50 bits per heavy atom. The van der Waals surface area contributed by atoms with E-state index in [4.69, 9.17) is 4.74 Å². The first-order chi connectivity index (χ1) is 15.5. The molecule has 6 nitrogen and oxygen atoms in total. The molecule has 0 unspecified atom stereocenters. The normalized spacial score (nSPS) is 11.0. The Balaban J connectivity index is 1.45. The molecule has 0 atom stereocenters. The summed E-state index contributed by atoms with van der Waals surface area (Å²) < 4.78 is 5.38. The maximum atomic E-state index is 12.2. The monoisotopic (exact) mass is 429 g/mol. The second-order valence-corrected chi connectivity index (χ2v) is 7.30. The third kappa shape index (κ3) is 7.09. The van der Waals surface area contributed by atoms with Crippen LogP contribution in [0.15, 0.2) is 84.0 Å². The molecule has 0 aliphatic carbocycles. The number of carbonyl (C=O) groups is 2. The minimum atomic E-state index is -0.233. The largest absolute Gasteiger partial charge is 0.494 e. The number of nitrogens with zero attached hydrogens (tertiary/aromatic N) is 1. The maximum Gasteiger partial charge on any atom is 0.244 e. The second kappa shape index (κ2) is 11.5. The fourth-order valence-electron chi connectivity index (χ4n) is 3.11. The number of nitrogens with one attached hydrogen (secondary N) is 2. The Kier molecular flexibility index (Phi) is 8.15. The zero-order chi connectivity index (χ0) is 22.8. The molecule has 3 aromatic rings. The molecule has 3 aromatic carbocycles. The predicted octanol–water partition coefficient (Wildman–Crippen LogP) is 4.82. The van der Waals surface area contributed by atoms with Gasteiger partial charge in [0.1, 0.15) is 5.75 Å². The van der Waals surface area contributed by atoms with Gasteiger partial charge in [-0.15, -0.1) is 0 Å². The van der Waals surface area contributed by atoms with Gasteiger partial charge in [0.05, 0.1) is 19.4 Å².